The minimum absolute atomic E-state index is 0.105. The number of hydrogen-bond donors (Lipinski definition) is 1. The Morgan fingerprint density at radius 2 is 1.53 bits per heavy atom. The van der Waals surface area contributed by atoms with Crippen molar-refractivity contribution in [3.63, 3.8) is 0 Å². The van der Waals surface area contributed by atoms with E-state index in [-0.39, 0.29) is 6.04 Å². The first-order valence-corrected chi connectivity index (χ1v) is 5.98. The lowest BCUT2D eigenvalue weighted by Crippen LogP contribution is -2.38. The van der Waals surface area contributed by atoms with Gasteiger partial charge < -0.3 is 29.4 Å². The molecule has 0 saturated carbocycles. The first-order chi connectivity index (χ1) is 9.19. The van der Waals surface area contributed by atoms with Gasteiger partial charge in [-0.15, -0.1) is 0 Å². The summed E-state index contributed by atoms with van der Waals surface area (Å²) in [5.41, 5.74) is 6.44. The molecule has 0 amide bonds. The summed E-state index contributed by atoms with van der Waals surface area (Å²) in [4.78, 5) is 0. The van der Waals surface area contributed by atoms with Crippen LogP contribution in [0.1, 0.15) is 11.9 Å². The molecule has 1 fully saturated rings. The predicted octanol–water partition coefficient (Wildman–Crippen LogP) is 1.09. The molecular weight excluding hydrogens is 250 g/mol. The van der Waals surface area contributed by atoms with Crippen molar-refractivity contribution in [1.29, 1.82) is 0 Å². The van der Waals surface area contributed by atoms with Crippen molar-refractivity contribution in [3.8, 4) is 17.2 Å². The van der Waals surface area contributed by atoms with Gasteiger partial charge in [0.15, 0.2) is 6.29 Å². The smallest absolute Gasteiger partial charge is 0.191 e. The van der Waals surface area contributed by atoms with Crippen LogP contribution >= 0.6 is 0 Å². The van der Waals surface area contributed by atoms with Crippen molar-refractivity contribution in [2.24, 2.45) is 5.73 Å². The van der Waals surface area contributed by atoms with Gasteiger partial charge >= 0.3 is 0 Å². The molecule has 1 aromatic carbocycles. The zero-order valence-corrected chi connectivity index (χ0v) is 11.3. The Bertz CT molecular complexity index is 404. The Hall–Kier alpha value is -1.50. The number of methoxy groups -OCH3 is 3. The molecule has 106 valence electrons. The van der Waals surface area contributed by atoms with Gasteiger partial charge in [0.25, 0.3) is 0 Å². The van der Waals surface area contributed by atoms with E-state index in [9.17, 15) is 0 Å². The van der Waals surface area contributed by atoms with E-state index in [0.29, 0.717) is 36.0 Å². The molecule has 1 heterocycles. The molecule has 0 spiro atoms. The molecule has 6 heteroatoms. The highest BCUT2D eigenvalue weighted by molar-refractivity contribution is 5.51. The van der Waals surface area contributed by atoms with Crippen LogP contribution < -0.4 is 19.9 Å². The van der Waals surface area contributed by atoms with E-state index >= 15 is 0 Å². The molecule has 0 aliphatic carbocycles. The molecule has 6 nitrogen and oxygen atoms in total. The second-order valence-electron chi connectivity index (χ2n) is 4.20. The molecule has 2 N–H and O–H groups in total. The Morgan fingerprint density at radius 1 is 1.00 bits per heavy atom. The highest BCUT2D eigenvalue weighted by Gasteiger charge is 2.28. The normalized spacial score (nSPS) is 22.9. The predicted molar refractivity (Wildman–Crippen MR) is 68.7 cm³/mol. The maximum absolute atomic E-state index is 5.73. The first kappa shape index (κ1) is 13.9. The molecule has 0 atom stereocenters. The topological polar surface area (TPSA) is 72.2 Å². The molecule has 1 aromatic rings. The van der Waals surface area contributed by atoms with Gasteiger partial charge in [-0.3, -0.25) is 0 Å². The van der Waals surface area contributed by atoms with Crippen LogP contribution in [0.2, 0.25) is 0 Å². The Labute approximate surface area is 112 Å². The molecule has 0 bridgehead atoms. The van der Waals surface area contributed by atoms with Gasteiger partial charge in [-0.2, -0.15) is 0 Å². The van der Waals surface area contributed by atoms with Crippen molar-refractivity contribution < 1.29 is 23.7 Å². The van der Waals surface area contributed by atoms with Crippen LogP contribution in [0.5, 0.6) is 17.2 Å². The average Bonchev–Trinajstić information content (AvgIpc) is 2.46. The van der Waals surface area contributed by atoms with E-state index in [1.165, 1.54) is 0 Å². The second-order valence-corrected chi connectivity index (χ2v) is 4.20. The fraction of sp³-hybridized carbons (Fsp3) is 0.538. The molecule has 1 saturated heterocycles. The zero-order valence-electron chi connectivity index (χ0n) is 11.3. The maximum atomic E-state index is 5.73. The van der Waals surface area contributed by atoms with Crippen molar-refractivity contribution in [2.45, 2.75) is 12.3 Å². The van der Waals surface area contributed by atoms with E-state index in [1.54, 1.807) is 33.5 Å². The van der Waals surface area contributed by atoms with Crippen molar-refractivity contribution >= 4 is 0 Å². The Balaban J connectivity index is 2.36. The lowest BCUT2D eigenvalue weighted by Gasteiger charge is -2.29. The van der Waals surface area contributed by atoms with Crippen molar-refractivity contribution in [3.05, 3.63) is 17.7 Å². The minimum atomic E-state index is -0.546. The summed E-state index contributed by atoms with van der Waals surface area (Å²) in [5, 5.41) is 0. The molecular formula is C13H19NO5. The van der Waals surface area contributed by atoms with E-state index in [0.717, 1.165) is 0 Å². The summed E-state index contributed by atoms with van der Waals surface area (Å²) < 4.78 is 27.1. The third-order valence-electron chi connectivity index (χ3n) is 2.91. The highest BCUT2D eigenvalue weighted by Crippen LogP contribution is 2.40. The monoisotopic (exact) mass is 269 g/mol. The van der Waals surface area contributed by atoms with Crippen LogP contribution in [0.25, 0.3) is 0 Å². The number of benzene rings is 1. The van der Waals surface area contributed by atoms with Gasteiger partial charge in [-0.1, -0.05) is 0 Å². The lowest BCUT2D eigenvalue weighted by atomic mass is 10.1. The highest BCUT2D eigenvalue weighted by atomic mass is 16.7. The SMILES string of the molecule is COc1cc(OC)c(C2OCC(N)CO2)c(OC)c1. The van der Waals surface area contributed by atoms with Crippen LogP contribution in [0.4, 0.5) is 0 Å². The van der Waals surface area contributed by atoms with E-state index in [1.807, 2.05) is 0 Å². The first-order valence-electron chi connectivity index (χ1n) is 5.98. The summed E-state index contributed by atoms with van der Waals surface area (Å²) in [7, 11) is 4.74. The van der Waals surface area contributed by atoms with Gasteiger partial charge in [-0.05, 0) is 0 Å². The van der Waals surface area contributed by atoms with E-state index in [4.69, 9.17) is 29.4 Å². The van der Waals surface area contributed by atoms with Crippen LogP contribution in [-0.4, -0.2) is 40.6 Å². The summed E-state index contributed by atoms with van der Waals surface area (Å²) in [5.74, 6) is 1.83. The summed E-state index contributed by atoms with van der Waals surface area (Å²) in [6.45, 7) is 0.867. The van der Waals surface area contributed by atoms with Gasteiger partial charge in [0.05, 0.1) is 46.1 Å². The summed E-state index contributed by atoms with van der Waals surface area (Å²) in [6.07, 6.45) is -0.546. The summed E-state index contributed by atoms with van der Waals surface area (Å²) >= 11 is 0. The Morgan fingerprint density at radius 3 is 1.95 bits per heavy atom. The number of rotatable bonds is 4. The molecule has 0 radical (unpaired) electrons. The fourth-order valence-corrected chi connectivity index (χ4v) is 1.95. The molecule has 1 aliphatic heterocycles. The van der Waals surface area contributed by atoms with Crippen LogP contribution in [-0.2, 0) is 9.47 Å². The van der Waals surface area contributed by atoms with Gasteiger partial charge in [-0.25, -0.2) is 0 Å². The number of hydrogen-bond acceptors (Lipinski definition) is 6. The Kier molecular flexibility index (Phi) is 4.47. The molecule has 19 heavy (non-hydrogen) atoms. The van der Waals surface area contributed by atoms with Gasteiger partial charge in [0.1, 0.15) is 17.2 Å². The van der Waals surface area contributed by atoms with Crippen molar-refractivity contribution in [1.82, 2.24) is 0 Å². The van der Waals surface area contributed by atoms with E-state index < -0.39 is 6.29 Å². The largest absolute Gasteiger partial charge is 0.496 e. The third-order valence-corrected chi connectivity index (χ3v) is 2.91. The number of nitrogens with two attached hydrogens (primary N) is 1. The molecule has 2 rings (SSSR count). The lowest BCUT2D eigenvalue weighted by molar-refractivity contribution is -0.191. The van der Waals surface area contributed by atoms with Gasteiger partial charge in [0, 0.05) is 12.1 Å². The standard InChI is InChI=1S/C13H19NO5/c1-15-9-4-10(16-2)12(11(5-9)17-3)13-18-6-8(14)7-19-13/h4-5,8,13H,6-7,14H2,1-3H3. The maximum Gasteiger partial charge on any atom is 0.191 e. The van der Waals surface area contributed by atoms with Gasteiger partial charge in [0.2, 0.25) is 0 Å². The van der Waals surface area contributed by atoms with Crippen LogP contribution in [0.15, 0.2) is 12.1 Å². The number of ether oxygens (including phenoxy) is 5. The quantitative estimate of drug-likeness (QED) is 0.882. The van der Waals surface area contributed by atoms with Crippen LogP contribution in [0.3, 0.4) is 0 Å². The zero-order chi connectivity index (χ0) is 13.8. The van der Waals surface area contributed by atoms with Crippen LogP contribution in [0, 0.1) is 0 Å². The fourth-order valence-electron chi connectivity index (χ4n) is 1.95. The van der Waals surface area contributed by atoms with E-state index in [2.05, 4.69) is 0 Å². The average molecular weight is 269 g/mol. The molecule has 0 unspecified atom stereocenters. The summed E-state index contributed by atoms with van der Waals surface area (Å²) in [6, 6.07) is 3.42. The third kappa shape index (κ3) is 2.91. The van der Waals surface area contributed by atoms with Crippen molar-refractivity contribution in [2.75, 3.05) is 34.5 Å². The molecule has 0 aromatic heterocycles. The minimum Gasteiger partial charge on any atom is -0.496 e. The molecule has 1 aliphatic rings. The second kappa shape index (κ2) is 6.10.